The van der Waals surface area contributed by atoms with Crippen LogP contribution >= 0.6 is 0 Å². The highest BCUT2D eigenvalue weighted by Gasteiger charge is 2.32. The van der Waals surface area contributed by atoms with E-state index in [-0.39, 0.29) is 17.9 Å². The van der Waals surface area contributed by atoms with Gasteiger partial charge in [0, 0.05) is 44.5 Å². The van der Waals surface area contributed by atoms with Gasteiger partial charge in [0.15, 0.2) is 11.5 Å². The van der Waals surface area contributed by atoms with Gasteiger partial charge < -0.3 is 24.0 Å². The summed E-state index contributed by atoms with van der Waals surface area (Å²) >= 11 is 0. The highest BCUT2D eigenvalue weighted by molar-refractivity contribution is 5.93. The number of anilines is 1. The van der Waals surface area contributed by atoms with Crippen molar-refractivity contribution in [1.82, 2.24) is 9.80 Å². The second-order valence-corrected chi connectivity index (χ2v) is 9.88. The van der Waals surface area contributed by atoms with Gasteiger partial charge in [0.2, 0.25) is 5.91 Å². The van der Waals surface area contributed by atoms with E-state index in [0.29, 0.717) is 49.9 Å². The van der Waals surface area contributed by atoms with Crippen LogP contribution < -0.4 is 19.1 Å². The predicted molar refractivity (Wildman–Crippen MR) is 146 cm³/mol. The van der Waals surface area contributed by atoms with Crippen molar-refractivity contribution in [3.63, 3.8) is 0 Å². The van der Waals surface area contributed by atoms with Crippen LogP contribution in [0, 0.1) is 5.92 Å². The van der Waals surface area contributed by atoms with Crippen LogP contribution in [0.3, 0.4) is 0 Å². The molecule has 0 aromatic heterocycles. The van der Waals surface area contributed by atoms with Gasteiger partial charge in [0.05, 0.1) is 33.8 Å². The van der Waals surface area contributed by atoms with E-state index >= 15 is 0 Å². The fourth-order valence-corrected chi connectivity index (χ4v) is 4.47. The fourth-order valence-electron chi connectivity index (χ4n) is 4.47. The lowest BCUT2D eigenvalue weighted by Gasteiger charge is -2.39. The maximum atomic E-state index is 13.6. The summed E-state index contributed by atoms with van der Waals surface area (Å²) in [5.74, 6) is 2.29. The summed E-state index contributed by atoms with van der Waals surface area (Å²) in [7, 11) is 6.72. The highest BCUT2D eigenvalue weighted by atomic mass is 16.5. The summed E-state index contributed by atoms with van der Waals surface area (Å²) in [6.45, 7) is 6.61. The predicted octanol–water partition coefficient (Wildman–Crippen LogP) is 4.98. The van der Waals surface area contributed by atoms with Gasteiger partial charge >= 0.3 is 6.03 Å². The zero-order valence-electron chi connectivity index (χ0n) is 23.1. The van der Waals surface area contributed by atoms with E-state index in [4.69, 9.17) is 14.2 Å². The molecule has 0 N–H and O–H groups in total. The van der Waals surface area contributed by atoms with Gasteiger partial charge in [-0.05, 0) is 36.1 Å². The van der Waals surface area contributed by atoms with Crippen molar-refractivity contribution in [1.29, 1.82) is 0 Å². The van der Waals surface area contributed by atoms with Crippen molar-refractivity contribution in [3.05, 3.63) is 47.5 Å². The molecule has 1 aliphatic rings. The zero-order valence-corrected chi connectivity index (χ0v) is 23.1. The third-order valence-electron chi connectivity index (χ3n) is 6.56. The molecule has 202 valence electrons. The van der Waals surface area contributed by atoms with Gasteiger partial charge in [-0.15, -0.1) is 0 Å². The number of urea groups is 1. The maximum Gasteiger partial charge on any atom is 0.324 e. The highest BCUT2D eigenvalue weighted by Crippen LogP contribution is 2.34. The largest absolute Gasteiger partial charge is 0.496 e. The van der Waals surface area contributed by atoms with Crippen LogP contribution in [0.15, 0.2) is 36.4 Å². The molecule has 8 nitrogen and oxygen atoms in total. The molecule has 3 amide bonds. The number of ether oxygens (including phenoxy) is 3. The smallest absolute Gasteiger partial charge is 0.324 e. The van der Waals surface area contributed by atoms with Crippen LogP contribution in [-0.4, -0.2) is 69.7 Å². The number of likely N-dealkylation sites (N-methyl/N-ethyl adjacent to an activating group) is 1. The first-order chi connectivity index (χ1) is 17.8. The normalized spacial score (nSPS) is 15.5. The standard InChI is InChI=1S/C29H41N3O5/c1-7-8-9-14-37-27-17-24(12-13-25(27)35-5)32-19-21(2)18-31(29(32)34)20-23-11-10-22(15-26(23)36-6)16-28(33)30(3)4/h10-13,15,17,21H,7-9,14,16,18-20H2,1-6H3/t21-/m1/s1. The summed E-state index contributed by atoms with van der Waals surface area (Å²) in [4.78, 5) is 31.0. The molecule has 1 heterocycles. The number of amides is 3. The Morgan fingerprint density at radius 3 is 2.43 bits per heavy atom. The first kappa shape index (κ1) is 28.2. The Balaban J connectivity index is 1.79. The molecule has 0 saturated carbocycles. The number of benzene rings is 2. The van der Waals surface area contributed by atoms with Crippen molar-refractivity contribution in [3.8, 4) is 17.2 Å². The summed E-state index contributed by atoms with van der Waals surface area (Å²) in [6.07, 6.45) is 3.51. The Labute approximate surface area is 221 Å². The number of hydrogen-bond acceptors (Lipinski definition) is 5. The van der Waals surface area contributed by atoms with Gasteiger partial charge in [-0.1, -0.05) is 38.8 Å². The Kier molecular flexibility index (Phi) is 10.1. The van der Waals surface area contributed by atoms with Gasteiger partial charge in [-0.3, -0.25) is 9.69 Å². The molecule has 1 saturated heterocycles. The molecule has 0 unspecified atom stereocenters. The Hall–Kier alpha value is -3.42. The van der Waals surface area contributed by atoms with Crippen molar-refractivity contribution in [2.75, 3.05) is 52.9 Å². The quantitative estimate of drug-likeness (QED) is 0.376. The third-order valence-corrected chi connectivity index (χ3v) is 6.56. The molecule has 0 bridgehead atoms. The van der Waals surface area contributed by atoms with E-state index in [1.54, 1.807) is 33.2 Å². The molecule has 3 rings (SSSR count). The van der Waals surface area contributed by atoms with Crippen LogP contribution in [0.2, 0.25) is 0 Å². The molecule has 2 aromatic carbocycles. The van der Waals surface area contributed by atoms with Crippen LogP contribution in [0.4, 0.5) is 10.5 Å². The Morgan fingerprint density at radius 1 is 1.00 bits per heavy atom. The number of carbonyl (C=O) groups excluding carboxylic acids is 2. The minimum atomic E-state index is -0.0610. The van der Waals surface area contributed by atoms with E-state index in [2.05, 4.69) is 13.8 Å². The summed E-state index contributed by atoms with van der Waals surface area (Å²) in [5, 5.41) is 0. The minimum absolute atomic E-state index is 0.0266. The van der Waals surface area contributed by atoms with Crippen molar-refractivity contribution < 1.29 is 23.8 Å². The molecule has 1 aliphatic heterocycles. The number of unbranched alkanes of at least 4 members (excludes halogenated alkanes) is 2. The van der Waals surface area contributed by atoms with Crippen molar-refractivity contribution in [2.24, 2.45) is 5.92 Å². The maximum absolute atomic E-state index is 13.6. The van der Waals surface area contributed by atoms with Gasteiger partial charge in [-0.2, -0.15) is 0 Å². The third kappa shape index (κ3) is 7.31. The van der Waals surface area contributed by atoms with Crippen molar-refractivity contribution in [2.45, 2.75) is 46.1 Å². The second-order valence-electron chi connectivity index (χ2n) is 9.88. The first-order valence-corrected chi connectivity index (χ1v) is 13.0. The van der Waals surface area contributed by atoms with Gasteiger partial charge in [0.25, 0.3) is 0 Å². The van der Waals surface area contributed by atoms with E-state index in [1.165, 1.54) is 0 Å². The molecule has 8 heteroatoms. The lowest BCUT2D eigenvalue weighted by atomic mass is 10.0. The van der Waals surface area contributed by atoms with Crippen LogP contribution in [0.25, 0.3) is 0 Å². The minimum Gasteiger partial charge on any atom is -0.496 e. The number of hydrogen-bond donors (Lipinski definition) is 0. The number of carbonyl (C=O) groups is 2. The average Bonchev–Trinajstić information content (AvgIpc) is 2.89. The van der Waals surface area contributed by atoms with E-state index < -0.39 is 0 Å². The topological polar surface area (TPSA) is 71.5 Å². The molecule has 0 radical (unpaired) electrons. The van der Waals surface area contributed by atoms with Crippen molar-refractivity contribution >= 4 is 17.6 Å². The van der Waals surface area contributed by atoms with E-state index in [1.807, 2.05) is 46.2 Å². The zero-order chi connectivity index (χ0) is 26.9. The van der Waals surface area contributed by atoms with Crippen LogP contribution in [-0.2, 0) is 17.8 Å². The summed E-state index contributed by atoms with van der Waals surface area (Å²) < 4.78 is 17.1. The van der Waals surface area contributed by atoms with Crippen LogP contribution in [0.1, 0.15) is 44.2 Å². The monoisotopic (exact) mass is 511 g/mol. The van der Waals surface area contributed by atoms with Crippen LogP contribution in [0.5, 0.6) is 17.2 Å². The number of methoxy groups -OCH3 is 2. The van der Waals surface area contributed by atoms with Gasteiger partial charge in [-0.25, -0.2) is 4.79 Å². The number of nitrogens with zero attached hydrogens (tertiary/aromatic N) is 3. The van der Waals surface area contributed by atoms with E-state index in [0.717, 1.165) is 36.1 Å². The van der Waals surface area contributed by atoms with Gasteiger partial charge in [0.1, 0.15) is 5.75 Å². The summed E-state index contributed by atoms with van der Waals surface area (Å²) in [6, 6.07) is 11.4. The first-order valence-electron chi connectivity index (χ1n) is 13.0. The molecular formula is C29H41N3O5. The lowest BCUT2D eigenvalue weighted by molar-refractivity contribution is -0.127. The molecule has 0 aliphatic carbocycles. The Bertz CT molecular complexity index is 1070. The molecule has 1 fully saturated rings. The molecule has 1 atom stereocenters. The summed E-state index contributed by atoms with van der Waals surface area (Å²) in [5.41, 5.74) is 2.57. The SMILES string of the molecule is CCCCCOc1cc(N2C[C@H](C)CN(Cc3ccc(CC(=O)N(C)C)cc3OC)C2=O)ccc1OC. The van der Waals surface area contributed by atoms with E-state index in [9.17, 15) is 9.59 Å². The average molecular weight is 512 g/mol. The number of rotatable bonds is 12. The lowest BCUT2D eigenvalue weighted by Crippen LogP contribution is -2.52. The second kappa shape index (κ2) is 13.2. The Morgan fingerprint density at radius 2 is 1.76 bits per heavy atom. The molecular weight excluding hydrogens is 470 g/mol. The fraction of sp³-hybridized carbons (Fsp3) is 0.517. The molecule has 0 spiro atoms. The molecule has 37 heavy (non-hydrogen) atoms. The molecule has 2 aromatic rings.